The number of urea groups is 1. The van der Waals surface area contributed by atoms with Crippen molar-refractivity contribution in [3.05, 3.63) is 63.6 Å². The smallest absolute Gasteiger partial charge is 0.325 e. The second kappa shape index (κ2) is 7.59. The molecule has 0 aliphatic carbocycles. The summed E-state index contributed by atoms with van der Waals surface area (Å²) in [4.78, 5) is 12.6. The SMILES string of the molecule is Cc1ccc(SNC(=O)NCc2cccc(Cl)c2)cc1Cl. The molecule has 2 aromatic carbocycles. The molecule has 0 heterocycles. The Morgan fingerprint density at radius 1 is 1.19 bits per heavy atom. The fourth-order valence-electron chi connectivity index (χ4n) is 1.61. The largest absolute Gasteiger partial charge is 0.333 e. The maximum atomic E-state index is 11.7. The second-order valence-electron chi connectivity index (χ2n) is 4.43. The quantitative estimate of drug-likeness (QED) is 0.784. The minimum Gasteiger partial charge on any atom is -0.333 e. The standard InChI is InChI=1S/C15H14Cl2N2OS/c1-10-5-6-13(8-14(10)17)21-19-15(20)18-9-11-3-2-4-12(16)7-11/h2-8H,9H2,1H3,(H2,18,19,20). The van der Waals surface area contributed by atoms with Crippen molar-refractivity contribution in [2.24, 2.45) is 0 Å². The zero-order valence-electron chi connectivity index (χ0n) is 11.3. The highest BCUT2D eigenvalue weighted by atomic mass is 35.5. The van der Waals surface area contributed by atoms with E-state index in [0.717, 1.165) is 16.0 Å². The molecule has 0 atom stereocenters. The van der Waals surface area contributed by atoms with Crippen molar-refractivity contribution < 1.29 is 4.79 Å². The van der Waals surface area contributed by atoms with Crippen LogP contribution in [0.25, 0.3) is 0 Å². The van der Waals surface area contributed by atoms with Crippen LogP contribution in [-0.4, -0.2) is 6.03 Å². The van der Waals surface area contributed by atoms with Gasteiger partial charge in [0, 0.05) is 21.5 Å². The van der Waals surface area contributed by atoms with Crippen LogP contribution < -0.4 is 10.0 Å². The Balaban J connectivity index is 1.80. The van der Waals surface area contributed by atoms with Crippen LogP contribution in [0.15, 0.2) is 47.4 Å². The first-order valence-corrected chi connectivity index (χ1v) is 7.83. The van der Waals surface area contributed by atoms with Crippen LogP contribution in [0.3, 0.4) is 0 Å². The van der Waals surface area contributed by atoms with Crippen LogP contribution in [0.4, 0.5) is 4.79 Å². The normalized spacial score (nSPS) is 10.2. The molecular formula is C15H14Cl2N2OS. The van der Waals surface area contributed by atoms with E-state index in [1.165, 1.54) is 11.9 Å². The van der Waals surface area contributed by atoms with Gasteiger partial charge in [-0.15, -0.1) is 0 Å². The van der Waals surface area contributed by atoms with Gasteiger partial charge in [0.2, 0.25) is 0 Å². The molecule has 0 saturated carbocycles. The summed E-state index contributed by atoms with van der Waals surface area (Å²) in [5, 5.41) is 4.09. The van der Waals surface area contributed by atoms with E-state index in [1.807, 2.05) is 43.3 Å². The molecule has 0 bridgehead atoms. The minimum absolute atomic E-state index is 0.267. The van der Waals surface area contributed by atoms with Crippen LogP contribution in [0, 0.1) is 6.92 Å². The third-order valence-corrected chi connectivity index (χ3v) is 4.17. The fourth-order valence-corrected chi connectivity index (χ4v) is 2.66. The number of aryl methyl sites for hydroxylation is 1. The van der Waals surface area contributed by atoms with E-state index in [1.54, 1.807) is 6.07 Å². The van der Waals surface area contributed by atoms with Gasteiger partial charge >= 0.3 is 6.03 Å². The first-order valence-electron chi connectivity index (χ1n) is 6.26. The Labute approximate surface area is 138 Å². The zero-order valence-corrected chi connectivity index (χ0v) is 13.6. The highest BCUT2D eigenvalue weighted by Gasteiger charge is 2.03. The first kappa shape index (κ1) is 16.0. The van der Waals surface area contributed by atoms with E-state index >= 15 is 0 Å². The van der Waals surface area contributed by atoms with Crippen molar-refractivity contribution in [2.75, 3.05) is 0 Å². The minimum atomic E-state index is -0.267. The fraction of sp³-hybridized carbons (Fsp3) is 0.133. The van der Waals surface area contributed by atoms with Gasteiger partial charge in [-0.05, 0) is 54.3 Å². The topological polar surface area (TPSA) is 41.1 Å². The van der Waals surface area contributed by atoms with Crippen molar-refractivity contribution >= 4 is 41.2 Å². The number of nitrogens with one attached hydrogen (secondary N) is 2. The molecule has 21 heavy (non-hydrogen) atoms. The Morgan fingerprint density at radius 3 is 2.71 bits per heavy atom. The molecule has 0 aliphatic heterocycles. The van der Waals surface area contributed by atoms with Gasteiger partial charge in [0.25, 0.3) is 0 Å². The number of benzene rings is 2. The summed E-state index contributed by atoms with van der Waals surface area (Å²) < 4.78 is 2.71. The summed E-state index contributed by atoms with van der Waals surface area (Å²) in [6, 6.07) is 12.7. The lowest BCUT2D eigenvalue weighted by Gasteiger charge is -2.08. The molecule has 2 N–H and O–H groups in total. The molecule has 0 saturated heterocycles. The monoisotopic (exact) mass is 340 g/mol. The molecule has 2 aromatic rings. The lowest BCUT2D eigenvalue weighted by Crippen LogP contribution is -2.30. The van der Waals surface area contributed by atoms with Gasteiger partial charge in [0.15, 0.2) is 0 Å². The zero-order chi connectivity index (χ0) is 15.2. The number of amides is 2. The summed E-state index contributed by atoms with van der Waals surface area (Å²) in [6.45, 7) is 2.35. The molecule has 0 fully saturated rings. The Bertz CT molecular complexity index is 649. The predicted molar refractivity (Wildman–Crippen MR) is 88.9 cm³/mol. The lowest BCUT2D eigenvalue weighted by molar-refractivity contribution is 0.246. The van der Waals surface area contributed by atoms with E-state index in [-0.39, 0.29) is 6.03 Å². The van der Waals surface area contributed by atoms with Crippen molar-refractivity contribution in [1.82, 2.24) is 10.0 Å². The highest BCUT2D eigenvalue weighted by Crippen LogP contribution is 2.22. The number of halogens is 2. The molecule has 6 heteroatoms. The van der Waals surface area contributed by atoms with Crippen molar-refractivity contribution in [3.63, 3.8) is 0 Å². The van der Waals surface area contributed by atoms with E-state index in [9.17, 15) is 4.79 Å². The highest BCUT2D eigenvalue weighted by molar-refractivity contribution is 7.98. The lowest BCUT2D eigenvalue weighted by atomic mass is 10.2. The van der Waals surface area contributed by atoms with Crippen LogP contribution in [0.1, 0.15) is 11.1 Å². The van der Waals surface area contributed by atoms with Crippen LogP contribution in [0.2, 0.25) is 10.0 Å². The Hall–Kier alpha value is -1.36. The van der Waals surface area contributed by atoms with Crippen molar-refractivity contribution in [3.8, 4) is 0 Å². The summed E-state index contributed by atoms with van der Waals surface area (Å²) in [7, 11) is 0. The summed E-state index contributed by atoms with van der Waals surface area (Å²) in [5.41, 5.74) is 1.95. The molecule has 3 nitrogen and oxygen atoms in total. The van der Waals surface area contributed by atoms with Gasteiger partial charge in [-0.1, -0.05) is 41.4 Å². The molecule has 2 rings (SSSR count). The Morgan fingerprint density at radius 2 is 2.00 bits per heavy atom. The van der Waals surface area contributed by atoms with Gasteiger partial charge in [-0.2, -0.15) is 0 Å². The molecule has 2 amide bonds. The summed E-state index contributed by atoms with van der Waals surface area (Å²) in [5.74, 6) is 0. The molecule has 110 valence electrons. The number of hydrogen-bond acceptors (Lipinski definition) is 2. The van der Waals surface area contributed by atoms with Gasteiger partial charge in [-0.3, -0.25) is 4.72 Å². The van der Waals surface area contributed by atoms with E-state index < -0.39 is 0 Å². The maximum absolute atomic E-state index is 11.7. The number of carbonyl (C=O) groups excluding carboxylic acids is 1. The van der Waals surface area contributed by atoms with E-state index in [4.69, 9.17) is 23.2 Å². The first-order chi connectivity index (χ1) is 10.0. The molecule has 0 aliphatic rings. The number of hydrogen-bond donors (Lipinski definition) is 2. The van der Waals surface area contributed by atoms with Crippen LogP contribution in [0.5, 0.6) is 0 Å². The predicted octanol–water partition coefficient (Wildman–Crippen LogP) is 4.81. The van der Waals surface area contributed by atoms with Crippen LogP contribution in [-0.2, 0) is 6.54 Å². The Kier molecular flexibility index (Phi) is 5.79. The molecular weight excluding hydrogens is 327 g/mol. The van der Waals surface area contributed by atoms with E-state index in [2.05, 4.69) is 10.0 Å². The number of carbonyl (C=O) groups is 1. The third-order valence-electron chi connectivity index (χ3n) is 2.75. The third kappa shape index (κ3) is 5.16. The molecule has 0 aromatic heterocycles. The molecule has 0 spiro atoms. The van der Waals surface area contributed by atoms with Gasteiger partial charge in [0.05, 0.1) is 0 Å². The van der Waals surface area contributed by atoms with Crippen LogP contribution >= 0.6 is 35.1 Å². The summed E-state index contributed by atoms with van der Waals surface area (Å²) >= 11 is 13.1. The summed E-state index contributed by atoms with van der Waals surface area (Å²) in [6.07, 6.45) is 0. The van der Waals surface area contributed by atoms with Gasteiger partial charge in [-0.25, -0.2) is 4.79 Å². The average Bonchev–Trinajstić information content (AvgIpc) is 2.46. The number of rotatable bonds is 4. The van der Waals surface area contributed by atoms with Crippen molar-refractivity contribution in [1.29, 1.82) is 0 Å². The van der Waals surface area contributed by atoms with E-state index in [0.29, 0.717) is 16.6 Å². The maximum Gasteiger partial charge on any atom is 0.325 e. The van der Waals surface area contributed by atoms with Crippen molar-refractivity contribution in [2.45, 2.75) is 18.4 Å². The average molecular weight is 341 g/mol. The van der Waals surface area contributed by atoms with Gasteiger partial charge < -0.3 is 5.32 Å². The molecule has 0 radical (unpaired) electrons. The molecule has 0 unspecified atom stereocenters. The van der Waals surface area contributed by atoms with Gasteiger partial charge in [0.1, 0.15) is 0 Å². The second-order valence-corrected chi connectivity index (χ2v) is 6.15.